The van der Waals surface area contributed by atoms with Crippen LogP contribution in [0.1, 0.15) is 25.3 Å². The van der Waals surface area contributed by atoms with Gasteiger partial charge >= 0.3 is 0 Å². The van der Waals surface area contributed by atoms with Gasteiger partial charge in [-0.3, -0.25) is 9.52 Å². The molecule has 6 nitrogen and oxygen atoms in total. The Kier molecular flexibility index (Phi) is 4.58. The Labute approximate surface area is 179 Å². The van der Waals surface area contributed by atoms with Crippen molar-refractivity contribution < 1.29 is 17.5 Å². The number of hydrogen-bond acceptors (Lipinski definition) is 4. The lowest BCUT2D eigenvalue weighted by Crippen LogP contribution is -2.17. The molecule has 0 radical (unpaired) electrons. The number of ether oxygens (including phenoxy) is 1. The number of nitrogens with one attached hydrogen (secondary N) is 1. The quantitative estimate of drug-likeness (QED) is 0.652. The van der Waals surface area contributed by atoms with Crippen LogP contribution in [0.5, 0.6) is 5.75 Å². The zero-order valence-corrected chi connectivity index (χ0v) is 18.1. The van der Waals surface area contributed by atoms with Crippen LogP contribution in [-0.2, 0) is 23.5 Å². The van der Waals surface area contributed by atoms with Gasteiger partial charge in [-0.25, -0.2) is 12.8 Å². The molecule has 2 heterocycles. The van der Waals surface area contributed by atoms with Gasteiger partial charge in [-0.2, -0.15) is 0 Å². The number of benzene rings is 2. The third-order valence-electron chi connectivity index (χ3n) is 6.09. The van der Waals surface area contributed by atoms with Gasteiger partial charge in [0.25, 0.3) is 5.56 Å². The lowest BCUT2D eigenvalue weighted by atomic mass is 9.96. The van der Waals surface area contributed by atoms with Crippen molar-refractivity contribution in [1.82, 2.24) is 4.57 Å². The third kappa shape index (κ3) is 3.59. The highest BCUT2D eigenvalue weighted by Crippen LogP contribution is 2.47. The summed E-state index contributed by atoms with van der Waals surface area (Å²) in [6.07, 6.45) is 4.66. The van der Waals surface area contributed by atoms with Crippen molar-refractivity contribution in [3.63, 3.8) is 0 Å². The van der Waals surface area contributed by atoms with E-state index >= 15 is 0 Å². The molecule has 2 aliphatic rings. The molecule has 3 aromatic rings. The highest BCUT2D eigenvalue weighted by molar-refractivity contribution is 7.92. The second kappa shape index (κ2) is 7.09. The van der Waals surface area contributed by atoms with Crippen LogP contribution in [0.15, 0.2) is 41.3 Å². The maximum atomic E-state index is 14.1. The molecule has 162 valence electrons. The predicted molar refractivity (Wildman–Crippen MR) is 119 cm³/mol. The fourth-order valence-electron chi connectivity index (χ4n) is 4.28. The van der Waals surface area contributed by atoms with Crippen LogP contribution < -0.4 is 15.0 Å². The molecule has 1 N–H and O–H groups in total. The van der Waals surface area contributed by atoms with Crippen molar-refractivity contribution >= 4 is 26.5 Å². The summed E-state index contributed by atoms with van der Waals surface area (Å²) in [6, 6.07) is 7.62. The number of rotatable bonds is 5. The molecular weight excluding hydrogens is 419 g/mol. The van der Waals surface area contributed by atoms with E-state index in [1.807, 2.05) is 6.07 Å². The first-order valence-corrected chi connectivity index (χ1v) is 12.0. The van der Waals surface area contributed by atoms with E-state index in [1.165, 1.54) is 22.8 Å². The number of nitrogens with zero attached hydrogens (tertiary/aromatic N) is 1. The molecule has 1 aliphatic heterocycles. The third-order valence-corrected chi connectivity index (χ3v) is 7.40. The summed E-state index contributed by atoms with van der Waals surface area (Å²) in [5.74, 6) is 0.693. The number of halogens is 1. The lowest BCUT2D eigenvalue weighted by molar-refractivity contribution is 0.208. The maximum absolute atomic E-state index is 14.1. The van der Waals surface area contributed by atoms with Gasteiger partial charge in [0.2, 0.25) is 10.0 Å². The summed E-state index contributed by atoms with van der Waals surface area (Å²) in [6.45, 7) is 1.58. The van der Waals surface area contributed by atoms with Crippen LogP contribution in [0, 0.1) is 11.7 Å². The average molecular weight is 443 g/mol. The molecule has 0 amide bonds. The summed E-state index contributed by atoms with van der Waals surface area (Å²) >= 11 is 0. The van der Waals surface area contributed by atoms with E-state index in [0.29, 0.717) is 45.7 Å². The SMILES string of the molecule is CCS(=O)(=O)Nc1cc2c(c(-c3cn(C)c(=O)c4ccc(F)cc34)c1)OC(C1CC1)C2. The van der Waals surface area contributed by atoms with Gasteiger partial charge in [-0.15, -0.1) is 0 Å². The van der Waals surface area contributed by atoms with E-state index < -0.39 is 15.8 Å². The number of anilines is 1. The molecule has 1 aliphatic carbocycles. The van der Waals surface area contributed by atoms with Crippen LogP contribution >= 0.6 is 0 Å². The summed E-state index contributed by atoms with van der Waals surface area (Å²) in [7, 11) is -1.83. The first kappa shape index (κ1) is 20.1. The molecule has 2 aromatic carbocycles. The molecule has 1 aromatic heterocycles. The molecular formula is C23H23FN2O4S. The summed E-state index contributed by atoms with van der Waals surface area (Å²) < 4.78 is 49.0. The van der Waals surface area contributed by atoms with Crippen LogP contribution in [0.2, 0.25) is 0 Å². The van der Waals surface area contributed by atoms with E-state index in [1.54, 1.807) is 26.2 Å². The van der Waals surface area contributed by atoms with Gasteiger partial charge in [-0.1, -0.05) is 0 Å². The topological polar surface area (TPSA) is 77.4 Å². The van der Waals surface area contributed by atoms with Crippen molar-refractivity contribution in [2.24, 2.45) is 13.0 Å². The summed E-state index contributed by atoms with van der Waals surface area (Å²) in [5, 5.41) is 0.866. The van der Waals surface area contributed by atoms with E-state index in [2.05, 4.69) is 4.72 Å². The molecule has 1 saturated carbocycles. The van der Waals surface area contributed by atoms with Crippen molar-refractivity contribution in [3.05, 3.63) is 58.3 Å². The highest BCUT2D eigenvalue weighted by Gasteiger charge is 2.38. The van der Waals surface area contributed by atoms with Gasteiger partial charge in [0.15, 0.2) is 0 Å². The van der Waals surface area contributed by atoms with Gasteiger partial charge in [0.1, 0.15) is 17.7 Å². The van der Waals surface area contributed by atoms with Crippen LogP contribution in [0.3, 0.4) is 0 Å². The number of aromatic nitrogens is 1. The first-order chi connectivity index (χ1) is 14.8. The number of sulfonamides is 1. The van der Waals surface area contributed by atoms with Crippen molar-refractivity contribution in [1.29, 1.82) is 0 Å². The minimum atomic E-state index is -3.48. The maximum Gasteiger partial charge on any atom is 0.258 e. The van der Waals surface area contributed by atoms with Crippen LogP contribution in [0.25, 0.3) is 21.9 Å². The molecule has 0 saturated heterocycles. The second-order valence-corrected chi connectivity index (χ2v) is 10.4. The molecule has 5 rings (SSSR count). The van der Waals surface area contributed by atoms with Crippen molar-refractivity contribution in [2.75, 3.05) is 10.5 Å². The Morgan fingerprint density at radius 1 is 1.16 bits per heavy atom. The smallest absolute Gasteiger partial charge is 0.258 e. The van der Waals surface area contributed by atoms with Gasteiger partial charge in [0, 0.05) is 47.4 Å². The fourth-order valence-corrected chi connectivity index (χ4v) is 4.90. The largest absolute Gasteiger partial charge is 0.489 e. The molecule has 31 heavy (non-hydrogen) atoms. The number of fused-ring (bicyclic) bond motifs is 2. The lowest BCUT2D eigenvalue weighted by Gasteiger charge is -2.16. The Morgan fingerprint density at radius 3 is 2.65 bits per heavy atom. The number of hydrogen-bond donors (Lipinski definition) is 1. The molecule has 1 fully saturated rings. The van der Waals surface area contributed by atoms with E-state index in [9.17, 15) is 17.6 Å². The molecule has 0 spiro atoms. The summed E-state index contributed by atoms with van der Waals surface area (Å²) in [5.41, 5.74) is 2.41. The predicted octanol–water partition coefficient (Wildman–Crippen LogP) is 3.82. The Bertz CT molecular complexity index is 1380. The molecule has 0 bridgehead atoms. The first-order valence-electron chi connectivity index (χ1n) is 10.4. The monoisotopic (exact) mass is 442 g/mol. The van der Waals surface area contributed by atoms with E-state index in [-0.39, 0.29) is 17.4 Å². The molecule has 1 unspecified atom stereocenters. The molecule has 8 heteroatoms. The fraction of sp³-hybridized carbons (Fsp3) is 0.348. The zero-order valence-electron chi connectivity index (χ0n) is 17.3. The van der Waals surface area contributed by atoms with Crippen LogP contribution in [-0.4, -0.2) is 24.8 Å². The summed E-state index contributed by atoms with van der Waals surface area (Å²) in [4.78, 5) is 12.6. The number of pyridine rings is 1. The van der Waals surface area contributed by atoms with Crippen LogP contribution in [0.4, 0.5) is 10.1 Å². The Hall–Kier alpha value is -2.87. The zero-order chi connectivity index (χ0) is 21.9. The van der Waals surface area contributed by atoms with Gasteiger partial charge < -0.3 is 9.30 Å². The van der Waals surface area contributed by atoms with E-state index in [4.69, 9.17) is 4.74 Å². The van der Waals surface area contributed by atoms with Crippen molar-refractivity contribution in [2.45, 2.75) is 32.3 Å². The Morgan fingerprint density at radius 2 is 1.94 bits per heavy atom. The van der Waals surface area contributed by atoms with Gasteiger partial charge in [-0.05, 0) is 61.4 Å². The normalized spacial score (nSPS) is 18.1. The van der Waals surface area contributed by atoms with Gasteiger partial charge in [0.05, 0.1) is 5.75 Å². The standard InChI is InChI=1S/C23H23FN2O4S/c1-3-31(28,29)25-16-8-14-9-21(13-4-5-13)30-22(14)19(11-16)20-12-26(2)23(27)17-7-6-15(24)10-18(17)20/h6-8,10-13,21,25H,3-5,9H2,1-2H3. The molecule has 1 atom stereocenters. The Balaban J connectivity index is 1.76. The average Bonchev–Trinajstić information content (AvgIpc) is 3.49. The minimum Gasteiger partial charge on any atom is -0.489 e. The minimum absolute atomic E-state index is 0.0470. The van der Waals surface area contributed by atoms with E-state index in [0.717, 1.165) is 18.4 Å². The highest BCUT2D eigenvalue weighted by atomic mass is 32.2. The number of aryl methyl sites for hydroxylation is 1. The van der Waals surface area contributed by atoms with Crippen molar-refractivity contribution in [3.8, 4) is 16.9 Å². The second-order valence-electron chi connectivity index (χ2n) is 8.36.